The van der Waals surface area contributed by atoms with E-state index in [1.807, 2.05) is 12.1 Å². The number of hydrogen-bond acceptors (Lipinski definition) is 4. The van der Waals surface area contributed by atoms with Gasteiger partial charge in [0.1, 0.15) is 5.75 Å². The van der Waals surface area contributed by atoms with Crippen molar-refractivity contribution in [3.63, 3.8) is 0 Å². The molecule has 0 saturated heterocycles. The lowest BCUT2D eigenvalue weighted by Gasteiger charge is -2.20. The molecule has 0 heterocycles. The first kappa shape index (κ1) is 18.2. The van der Waals surface area contributed by atoms with Gasteiger partial charge in [0, 0.05) is 19.6 Å². The molecule has 0 aliphatic heterocycles. The van der Waals surface area contributed by atoms with E-state index in [-0.39, 0.29) is 12.4 Å². The largest absolute Gasteiger partial charge is 0.497 e. The third kappa shape index (κ3) is 7.38. The number of hydrogen-bond donors (Lipinski definition) is 1. The maximum absolute atomic E-state index is 5.40. The highest BCUT2D eigenvalue weighted by Crippen LogP contribution is 2.12. The number of rotatable bonds is 9. The molecule has 4 nitrogen and oxygen atoms in total. The van der Waals surface area contributed by atoms with Crippen LogP contribution in [-0.2, 0) is 11.3 Å². The average Bonchev–Trinajstić information content (AvgIpc) is 2.43. The Morgan fingerprint density at radius 3 is 2.37 bits per heavy atom. The molecule has 0 aromatic heterocycles. The average molecular weight is 289 g/mol. The maximum atomic E-state index is 5.40. The molecule has 0 radical (unpaired) electrons. The van der Waals surface area contributed by atoms with Crippen LogP contribution in [0.1, 0.15) is 12.5 Å². The van der Waals surface area contributed by atoms with E-state index in [1.54, 1.807) is 7.11 Å². The minimum absolute atomic E-state index is 0. The molecule has 1 aromatic carbocycles. The van der Waals surface area contributed by atoms with Gasteiger partial charge in [-0.15, -0.1) is 12.4 Å². The van der Waals surface area contributed by atoms with E-state index in [0.29, 0.717) is 13.2 Å². The van der Waals surface area contributed by atoms with Crippen molar-refractivity contribution >= 4 is 12.4 Å². The summed E-state index contributed by atoms with van der Waals surface area (Å²) < 4.78 is 10.5. The molecule has 0 aliphatic carbocycles. The van der Waals surface area contributed by atoms with Crippen molar-refractivity contribution in [2.75, 3.05) is 40.0 Å². The summed E-state index contributed by atoms with van der Waals surface area (Å²) in [5.74, 6) is 0.896. The fourth-order valence-electron chi connectivity index (χ4n) is 1.72. The number of benzene rings is 1. The summed E-state index contributed by atoms with van der Waals surface area (Å²) in [4.78, 5) is 2.35. The number of methoxy groups -OCH3 is 1. The smallest absolute Gasteiger partial charge is 0.118 e. The SMILES string of the molecule is CCN(CCOCCN)Cc1ccc(OC)cc1.Cl. The van der Waals surface area contributed by atoms with Crippen molar-refractivity contribution in [1.29, 1.82) is 0 Å². The lowest BCUT2D eigenvalue weighted by Crippen LogP contribution is -2.27. The molecule has 0 atom stereocenters. The first-order valence-electron chi connectivity index (χ1n) is 6.43. The molecule has 19 heavy (non-hydrogen) atoms. The monoisotopic (exact) mass is 288 g/mol. The van der Waals surface area contributed by atoms with E-state index in [1.165, 1.54) is 5.56 Å². The fraction of sp³-hybridized carbons (Fsp3) is 0.571. The zero-order valence-electron chi connectivity index (χ0n) is 11.8. The highest BCUT2D eigenvalue weighted by atomic mass is 35.5. The van der Waals surface area contributed by atoms with Crippen molar-refractivity contribution in [3.8, 4) is 5.75 Å². The van der Waals surface area contributed by atoms with E-state index in [2.05, 4.69) is 24.0 Å². The van der Waals surface area contributed by atoms with Crippen LogP contribution in [0.4, 0.5) is 0 Å². The van der Waals surface area contributed by atoms with Crippen molar-refractivity contribution in [2.24, 2.45) is 5.73 Å². The van der Waals surface area contributed by atoms with E-state index in [0.717, 1.165) is 32.0 Å². The number of nitrogens with zero attached hydrogens (tertiary/aromatic N) is 1. The van der Waals surface area contributed by atoms with Gasteiger partial charge in [-0.1, -0.05) is 19.1 Å². The normalized spacial score (nSPS) is 10.3. The lowest BCUT2D eigenvalue weighted by molar-refractivity contribution is 0.108. The van der Waals surface area contributed by atoms with Gasteiger partial charge >= 0.3 is 0 Å². The van der Waals surface area contributed by atoms with Crippen molar-refractivity contribution in [3.05, 3.63) is 29.8 Å². The number of nitrogens with two attached hydrogens (primary N) is 1. The van der Waals surface area contributed by atoms with Crippen LogP contribution < -0.4 is 10.5 Å². The molecule has 1 rings (SSSR count). The molecule has 0 saturated carbocycles. The van der Waals surface area contributed by atoms with Gasteiger partial charge in [0.25, 0.3) is 0 Å². The van der Waals surface area contributed by atoms with Crippen molar-refractivity contribution in [1.82, 2.24) is 4.90 Å². The standard InChI is InChI=1S/C14H24N2O2.ClH/c1-3-16(9-11-18-10-8-15)12-13-4-6-14(17-2)7-5-13;/h4-7H,3,8-12,15H2,1-2H3;1H. The Morgan fingerprint density at radius 2 is 1.84 bits per heavy atom. The Bertz CT molecular complexity index is 320. The molecule has 0 fully saturated rings. The van der Waals surface area contributed by atoms with Crippen molar-refractivity contribution in [2.45, 2.75) is 13.5 Å². The summed E-state index contributed by atoms with van der Waals surface area (Å²) in [7, 11) is 1.68. The fourth-order valence-corrected chi connectivity index (χ4v) is 1.72. The van der Waals surface area contributed by atoms with Crippen LogP contribution in [-0.4, -0.2) is 44.9 Å². The van der Waals surface area contributed by atoms with Crippen LogP contribution in [0, 0.1) is 0 Å². The van der Waals surface area contributed by atoms with Gasteiger partial charge in [-0.2, -0.15) is 0 Å². The predicted molar refractivity (Wildman–Crippen MR) is 81.1 cm³/mol. The Morgan fingerprint density at radius 1 is 1.16 bits per heavy atom. The molecule has 0 spiro atoms. The minimum Gasteiger partial charge on any atom is -0.497 e. The van der Waals surface area contributed by atoms with Crippen molar-refractivity contribution < 1.29 is 9.47 Å². The molecule has 2 N–H and O–H groups in total. The van der Waals surface area contributed by atoms with Gasteiger partial charge in [0.05, 0.1) is 20.3 Å². The number of halogens is 1. The Kier molecular flexibility index (Phi) is 10.6. The van der Waals surface area contributed by atoms with Crippen LogP contribution in [0.25, 0.3) is 0 Å². The van der Waals surface area contributed by atoms with Gasteiger partial charge < -0.3 is 15.2 Å². The highest BCUT2D eigenvalue weighted by Gasteiger charge is 2.03. The molecule has 1 aromatic rings. The zero-order valence-corrected chi connectivity index (χ0v) is 12.6. The number of likely N-dealkylation sites (N-methyl/N-ethyl adjacent to an activating group) is 1. The van der Waals surface area contributed by atoms with E-state index in [9.17, 15) is 0 Å². The highest BCUT2D eigenvalue weighted by molar-refractivity contribution is 5.85. The summed E-state index contributed by atoms with van der Waals surface area (Å²) in [5, 5.41) is 0. The van der Waals surface area contributed by atoms with Gasteiger partial charge in [0.15, 0.2) is 0 Å². The maximum Gasteiger partial charge on any atom is 0.118 e. The van der Waals surface area contributed by atoms with Gasteiger partial charge in [-0.25, -0.2) is 0 Å². The third-order valence-electron chi connectivity index (χ3n) is 2.83. The van der Waals surface area contributed by atoms with Crippen LogP contribution in [0.3, 0.4) is 0 Å². The topological polar surface area (TPSA) is 47.7 Å². The zero-order chi connectivity index (χ0) is 13.2. The molecular formula is C14H25ClN2O2. The Hall–Kier alpha value is -0.810. The second-order valence-electron chi connectivity index (χ2n) is 4.12. The molecule has 110 valence electrons. The summed E-state index contributed by atoms with van der Waals surface area (Å²) in [5.41, 5.74) is 6.67. The molecule has 0 bridgehead atoms. The molecule has 5 heteroatoms. The van der Waals surface area contributed by atoms with Gasteiger partial charge in [-0.3, -0.25) is 4.90 Å². The summed E-state index contributed by atoms with van der Waals surface area (Å²) in [6, 6.07) is 8.19. The van der Waals surface area contributed by atoms with Crippen LogP contribution in [0.2, 0.25) is 0 Å². The summed E-state index contributed by atoms with van der Waals surface area (Å²) in [6.45, 7) is 7.01. The second-order valence-corrected chi connectivity index (χ2v) is 4.12. The summed E-state index contributed by atoms with van der Waals surface area (Å²) >= 11 is 0. The predicted octanol–water partition coefficient (Wildman–Crippen LogP) is 1.91. The molecular weight excluding hydrogens is 264 g/mol. The van der Waals surface area contributed by atoms with Crippen LogP contribution in [0.5, 0.6) is 5.75 Å². The third-order valence-corrected chi connectivity index (χ3v) is 2.83. The van der Waals surface area contributed by atoms with E-state index >= 15 is 0 Å². The van der Waals surface area contributed by atoms with Gasteiger partial charge in [-0.05, 0) is 24.2 Å². The Balaban J connectivity index is 0.00000324. The lowest BCUT2D eigenvalue weighted by atomic mass is 10.2. The molecule has 0 unspecified atom stereocenters. The number of ether oxygens (including phenoxy) is 2. The van der Waals surface area contributed by atoms with Gasteiger partial charge in [0.2, 0.25) is 0 Å². The summed E-state index contributed by atoms with van der Waals surface area (Å²) in [6.07, 6.45) is 0. The molecule has 0 aliphatic rings. The van der Waals surface area contributed by atoms with Crippen LogP contribution in [0.15, 0.2) is 24.3 Å². The Labute approximate surface area is 122 Å². The molecule has 0 amide bonds. The van der Waals surface area contributed by atoms with E-state index in [4.69, 9.17) is 15.2 Å². The second kappa shape index (κ2) is 11.1. The minimum atomic E-state index is 0. The quantitative estimate of drug-likeness (QED) is 0.705. The van der Waals surface area contributed by atoms with E-state index < -0.39 is 0 Å². The first-order chi connectivity index (χ1) is 8.80. The first-order valence-corrected chi connectivity index (χ1v) is 6.43. The van der Waals surface area contributed by atoms with Crippen LogP contribution >= 0.6 is 12.4 Å².